The molecule has 4 nitrogen and oxygen atoms in total. The number of rotatable bonds is 3. The van der Waals surface area contributed by atoms with E-state index in [0.717, 1.165) is 42.3 Å². The minimum atomic E-state index is 0.574. The lowest BCUT2D eigenvalue weighted by Crippen LogP contribution is -2.44. The van der Waals surface area contributed by atoms with Crippen LogP contribution >= 0.6 is 11.8 Å². The van der Waals surface area contributed by atoms with Gasteiger partial charge in [0.15, 0.2) is 0 Å². The predicted octanol–water partition coefficient (Wildman–Crippen LogP) is 2.80. The van der Waals surface area contributed by atoms with Crippen LogP contribution in [0.2, 0.25) is 0 Å². The predicted molar refractivity (Wildman–Crippen MR) is 95.6 cm³/mol. The summed E-state index contributed by atoms with van der Waals surface area (Å²) >= 11 is 1.68. The molecule has 0 atom stereocenters. The lowest BCUT2D eigenvalue weighted by Gasteiger charge is -2.34. The van der Waals surface area contributed by atoms with Gasteiger partial charge in [0.25, 0.3) is 0 Å². The van der Waals surface area contributed by atoms with Gasteiger partial charge in [-0.3, -0.25) is 0 Å². The maximum absolute atomic E-state index is 5.89. The zero-order valence-corrected chi connectivity index (χ0v) is 13.9. The number of nitrogen functional groups attached to an aromatic ring is 1. The van der Waals surface area contributed by atoms with Crippen LogP contribution in [-0.4, -0.2) is 49.4 Å². The highest BCUT2D eigenvalue weighted by molar-refractivity contribution is 7.98. The molecule has 1 aromatic heterocycles. The van der Waals surface area contributed by atoms with Gasteiger partial charge in [-0.2, -0.15) is 0 Å². The number of hydrogen-bond acceptors (Lipinski definition) is 5. The maximum Gasteiger partial charge on any atom is 0.125 e. The van der Waals surface area contributed by atoms with E-state index >= 15 is 0 Å². The Morgan fingerprint density at radius 2 is 1.73 bits per heavy atom. The smallest absolute Gasteiger partial charge is 0.125 e. The minimum Gasteiger partial charge on any atom is -0.384 e. The highest BCUT2D eigenvalue weighted by atomic mass is 32.2. The first-order valence-electron chi connectivity index (χ1n) is 7.51. The van der Waals surface area contributed by atoms with E-state index in [0.29, 0.717) is 5.82 Å². The number of nitrogens with two attached hydrogens (primary N) is 1. The van der Waals surface area contributed by atoms with Gasteiger partial charge in [0, 0.05) is 42.3 Å². The highest BCUT2D eigenvalue weighted by Crippen LogP contribution is 2.27. The molecular formula is C17H22N4S. The van der Waals surface area contributed by atoms with Crippen molar-refractivity contribution < 1.29 is 0 Å². The number of anilines is 2. The number of thioether (sulfide) groups is 1. The van der Waals surface area contributed by atoms with E-state index in [4.69, 9.17) is 5.73 Å². The third-order valence-electron chi connectivity index (χ3n) is 4.09. The molecule has 0 radical (unpaired) electrons. The molecule has 0 unspecified atom stereocenters. The van der Waals surface area contributed by atoms with Crippen LogP contribution in [0.3, 0.4) is 0 Å². The van der Waals surface area contributed by atoms with E-state index in [1.54, 1.807) is 11.8 Å². The van der Waals surface area contributed by atoms with E-state index in [2.05, 4.69) is 58.4 Å². The van der Waals surface area contributed by atoms with Crippen molar-refractivity contribution in [2.75, 3.05) is 50.1 Å². The average Bonchev–Trinajstić information content (AvgIpc) is 2.55. The molecule has 1 fully saturated rings. The van der Waals surface area contributed by atoms with Gasteiger partial charge in [0.1, 0.15) is 5.82 Å². The van der Waals surface area contributed by atoms with Gasteiger partial charge in [-0.05, 0) is 37.6 Å². The molecule has 0 saturated carbocycles. The Morgan fingerprint density at radius 1 is 1.05 bits per heavy atom. The summed E-state index contributed by atoms with van der Waals surface area (Å²) in [7, 11) is 2.18. The fraction of sp³-hybridized carbons (Fsp3) is 0.353. The molecular weight excluding hydrogens is 292 g/mol. The Bertz CT molecular complexity index is 634. The molecule has 1 aliphatic heterocycles. The van der Waals surface area contributed by atoms with Crippen molar-refractivity contribution in [3.8, 4) is 11.3 Å². The number of nitrogens with zero attached hydrogens (tertiary/aromatic N) is 3. The summed E-state index contributed by atoms with van der Waals surface area (Å²) in [4.78, 5) is 10.4. The van der Waals surface area contributed by atoms with Crippen LogP contribution in [0.25, 0.3) is 11.3 Å². The summed E-state index contributed by atoms with van der Waals surface area (Å²) in [6.07, 6.45) is 2.05. The van der Waals surface area contributed by atoms with Crippen LogP contribution in [0.1, 0.15) is 0 Å². The van der Waals surface area contributed by atoms with Crippen molar-refractivity contribution in [2.24, 2.45) is 0 Å². The summed E-state index contributed by atoms with van der Waals surface area (Å²) < 4.78 is 0. The van der Waals surface area contributed by atoms with Gasteiger partial charge in [-0.1, -0.05) is 12.1 Å². The van der Waals surface area contributed by atoms with Crippen molar-refractivity contribution in [3.05, 3.63) is 36.4 Å². The number of likely N-dealkylation sites (N-methyl/N-ethyl adjacent to an activating group) is 1. The van der Waals surface area contributed by atoms with Crippen molar-refractivity contribution in [2.45, 2.75) is 4.90 Å². The fourth-order valence-electron chi connectivity index (χ4n) is 2.70. The van der Waals surface area contributed by atoms with Crippen molar-refractivity contribution >= 4 is 23.3 Å². The largest absolute Gasteiger partial charge is 0.384 e. The number of piperazine rings is 1. The third-order valence-corrected chi connectivity index (χ3v) is 4.79. The normalized spacial score (nSPS) is 16.0. The molecule has 2 N–H and O–H groups in total. The van der Waals surface area contributed by atoms with Crippen molar-refractivity contribution in [1.82, 2.24) is 9.88 Å². The molecule has 1 aromatic carbocycles. The quantitative estimate of drug-likeness (QED) is 0.883. The first kappa shape index (κ1) is 15.2. The first-order valence-corrected chi connectivity index (χ1v) is 8.73. The Morgan fingerprint density at radius 3 is 2.36 bits per heavy atom. The van der Waals surface area contributed by atoms with E-state index in [9.17, 15) is 0 Å². The number of hydrogen-bond donors (Lipinski definition) is 1. The molecule has 0 spiro atoms. The van der Waals surface area contributed by atoms with Crippen molar-refractivity contribution in [1.29, 1.82) is 0 Å². The number of pyridine rings is 1. The third kappa shape index (κ3) is 3.36. The van der Waals surface area contributed by atoms with Crippen molar-refractivity contribution in [3.63, 3.8) is 0 Å². The lowest BCUT2D eigenvalue weighted by molar-refractivity contribution is 0.313. The van der Waals surface area contributed by atoms with Gasteiger partial charge in [0.05, 0.1) is 5.69 Å². The molecule has 2 aromatic rings. The van der Waals surface area contributed by atoms with Gasteiger partial charge in [0.2, 0.25) is 0 Å². The topological polar surface area (TPSA) is 45.4 Å². The number of benzene rings is 1. The molecule has 2 heterocycles. The van der Waals surface area contributed by atoms with E-state index in [1.165, 1.54) is 5.69 Å². The molecule has 0 amide bonds. The Balaban J connectivity index is 1.81. The van der Waals surface area contributed by atoms with Gasteiger partial charge >= 0.3 is 0 Å². The van der Waals surface area contributed by atoms with E-state index < -0.39 is 0 Å². The zero-order chi connectivity index (χ0) is 15.5. The van der Waals surface area contributed by atoms with E-state index in [1.807, 2.05) is 6.07 Å². The molecule has 116 valence electrons. The second-order valence-electron chi connectivity index (χ2n) is 5.65. The lowest BCUT2D eigenvalue weighted by atomic mass is 10.1. The van der Waals surface area contributed by atoms with Gasteiger partial charge < -0.3 is 15.5 Å². The summed E-state index contributed by atoms with van der Waals surface area (Å²) in [5.74, 6) is 0.574. The van der Waals surface area contributed by atoms with Gasteiger partial charge in [-0.15, -0.1) is 11.8 Å². The van der Waals surface area contributed by atoms with Crippen LogP contribution in [0.4, 0.5) is 11.5 Å². The summed E-state index contributed by atoms with van der Waals surface area (Å²) in [5, 5.41) is 0. The molecule has 3 rings (SSSR count). The molecule has 0 bridgehead atoms. The average molecular weight is 314 g/mol. The molecule has 0 aliphatic carbocycles. The van der Waals surface area contributed by atoms with Crippen LogP contribution in [0.15, 0.2) is 41.3 Å². The van der Waals surface area contributed by atoms with Crippen LogP contribution < -0.4 is 10.6 Å². The van der Waals surface area contributed by atoms with Crippen LogP contribution in [-0.2, 0) is 0 Å². The molecule has 5 heteroatoms. The molecule has 1 saturated heterocycles. The summed E-state index contributed by atoms with van der Waals surface area (Å²) in [6, 6.07) is 12.6. The minimum absolute atomic E-state index is 0.574. The standard InChI is InChI=1S/C17H22N4S/c1-20-7-9-21(10-8-20)14-5-3-13(4-6-14)16-11-15(22-2)12-17(18)19-16/h3-6,11-12H,7-10H2,1-2H3,(H2,18,19). The second-order valence-corrected chi connectivity index (χ2v) is 6.53. The SMILES string of the molecule is CSc1cc(N)nc(-c2ccc(N3CCN(C)CC3)cc2)c1. The van der Waals surface area contributed by atoms with Crippen LogP contribution in [0.5, 0.6) is 0 Å². The summed E-state index contributed by atoms with van der Waals surface area (Å²) in [5.41, 5.74) is 9.23. The zero-order valence-electron chi connectivity index (χ0n) is 13.1. The van der Waals surface area contributed by atoms with Crippen LogP contribution in [0, 0.1) is 0 Å². The Labute approximate surface area is 136 Å². The second kappa shape index (κ2) is 6.58. The first-order chi connectivity index (χ1) is 10.7. The Kier molecular flexibility index (Phi) is 4.55. The summed E-state index contributed by atoms with van der Waals surface area (Å²) in [6.45, 7) is 4.41. The fourth-order valence-corrected chi connectivity index (χ4v) is 3.17. The Hall–Kier alpha value is -1.72. The molecule has 1 aliphatic rings. The van der Waals surface area contributed by atoms with Gasteiger partial charge in [-0.25, -0.2) is 4.98 Å². The monoisotopic (exact) mass is 314 g/mol. The number of aromatic nitrogens is 1. The highest BCUT2D eigenvalue weighted by Gasteiger charge is 2.14. The maximum atomic E-state index is 5.89. The molecule has 22 heavy (non-hydrogen) atoms. The van der Waals surface area contributed by atoms with E-state index in [-0.39, 0.29) is 0 Å².